The smallest absolute Gasteiger partial charge is 0.347 e. The summed E-state index contributed by atoms with van der Waals surface area (Å²) in [6.45, 7) is 10.3. The first-order valence-electron chi connectivity index (χ1n) is 16.6. The standard InChI is InChI=1S/C38H42F2N4O4S/c1-7-46-35(45)23(2)47-25-10-8-9-24(19-25)38(5)16-15-37(3,4)22-49-18-14-28-27-13-17-41-32(27)21-31(40)33(28)48-26-11-12-30(39)29(20-26)34-42-36(38)43-44(34)6/h8-13,17,19-21,23,41H,7,14-16,18,22H2,1-6H3. The summed E-state index contributed by atoms with van der Waals surface area (Å²) < 4.78 is 50.1. The molecular weight excluding hydrogens is 647 g/mol. The minimum absolute atomic E-state index is 0.0760. The minimum Gasteiger partial charge on any atom is -0.479 e. The molecule has 8 nitrogen and oxygen atoms in total. The largest absolute Gasteiger partial charge is 0.479 e. The number of hydrogen-bond acceptors (Lipinski definition) is 7. The van der Waals surface area contributed by atoms with Crippen LogP contribution in [0.4, 0.5) is 8.78 Å². The maximum absolute atomic E-state index is 15.6. The van der Waals surface area contributed by atoms with Crippen molar-refractivity contribution in [2.45, 2.75) is 65.4 Å². The Morgan fingerprint density at radius 3 is 2.71 bits per heavy atom. The molecule has 258 valence electrons. The fraction of sp³-hybridized carbons (Fsp3) is 0.395. The second kappa shape index (κ2) is 13.9. The number of fused-ring (bicyclic) bond motifs is 8. The number of carbonyl (C=O) groups is 1. The zero-order chi connectivity index (χ0) is 34.9. The number of esters is 1. The van der Waals surface area contributed by atoms with Crippen molar-refractivity contribution in [3.05, 3.63) is 89.4 Å². The zero-order valence-corrected chi connectivity index (χ0v) is 29.5. The Balaban J connectivity index is 1.45. The average molecular weight is 689 g/mol. The van der Waals surface area contributed by atoms with E-state index in [1.165, 1.54) is 18.2 Å². The normalized spacial score (nSPS) is 18.6. The van der Waals surface area contributed by atoms with Gasteiger partial charge in [-0.05, 0) is 98.9 Å². The van der Waals surface area contributed by atoms with Crippen LogP contribution in [0.15, 0.2) is 60.8 Å². The van der Waals surface area contributed by atoms with E-state index >= 15 is 8.78 Å². The molecule has 0 aliphatic carbocycles. The van der Waals surface area contributed by atoms with Crippen molar-refractivity contribution in [1.82, 2.24) is 19.7 Å². The summed E-state index contributed by atoms with van der Waals surface area (Å²) in [6.07, 6.45) is 3.12. The highest BCUT2D eigenvalue weighted by Crippen LogP contribution is 2.42. The van der Waals surface area contributed by atoms with Gasteiger partial charge in [-0.1, -0.05) is 26.0 Å². The van der Waals surface area contributed by atoms with Gasteiger partial charge in [0.1, 0.15) is 17.3 Å². The molecule has 1 aliphatic heterocycles. The Kier molecular flexibility index (Phi) is 9.75. The molecule has 11 heteroatoms. The molecule has 6 rings (SSSR count). The molecule has 3 aromatic carbocycles. The number of halogens is 2. The molecule has 1 N–H and O–H groups in total. The number of hydrogen-bond donors (Lipinski definition) is 1. The van der Waals surface area contributed by atoms with Crippen LogP contribution in [0, 0.1) is 17.0 Å². The third kappa shape index (κ3) is 7.18. The molecule has 2 unspecified atom stereocenters. The monoisotopic (exact) mass is 688 g/mol. The number of benzene rings is 3. The van der Waals surface area contributed by atoms with Crippen molar-refractivity contribution < 1.29 is 27.8 Å². The highest BCUT2D eigenvalue weighted by Gasteiger charge is 2.37. The van der Waals surface area contributed by atoms with Crippen molar-refractivity contribution in [1.29, 1.82) is 0 Å². The number of aromatic nitrogens is 4. The van der Waals surface area contributed by atoms with E-state index in [0.29, 0.717) is 35.8 Å². The van der Waals surface area contributed by atoms with Crippen LogP contribution in [0.3, 0.4) is 0 Å². The third-order valence-corrected chi connectivity index (χ3v) is 10.7. The van der Waals surface area contributed by atoms with Crippen molar-refractivity contribution in [3.63, 3.8) is 0 Å². The Morgan fingerprint density at radius 1 is 1.10 bits per heavy atom. The molecule has 0 saturated heterocycles. The van der Waals surface area contributed by atoms with Crippen molar-refractivity contribution >= 4 is 28.6 Å². The maximum atomic E-state index is 15.6. The molecule has 5 aromatic rings. The van der Waals surface area contributed by atoms with Crippen LogP contribution in [0.1, 0.15) is 64.4 Å². The summed E-state index contributed by atoms with van der Waals surface area (Å²) in [4.78, 5) is 20.4. The maximum Gasteiger partial charge on any atom is 0.347 e. The van der Waals surface area contributed by atoms with Crippen molar-refractivity contribution in [3.8, 4) is 28.6 Å². The fourth-order valence-electron chi connectivity index (χ4n) is 6.28. The van der Waals surface area contributed by atoms with Crippen LogP contribution in [-0.2, 0) is 28.4 Å². The summed E-state index contributed by atoms with van der Waals surface area (Å²) in [7, 11) is 1.73. The number of rotatable bonds is 5. The van der Waals surface area contributed by atoms with Gasteiger partial charge in [0.15, 0.2) is 29.3 Å². The molecular formula is C38H42F2N4O4S. The van der Waals surface area contributed by atoms with Crippen LogP contribution in [0.2, 0.25) is 0 Å². The summed E-state index contributed by atoms with van der Waals surface area (Å²) in [5.74, 6) is 1.99. The third-order valence-electron chi connectivity index (χ3n) is 9.21. The molecule has 0 fully saturated rings. The second-order valence-electron chi connectivity index (χ2n) is 13.6. The predicted octanol–water partition coefficient (Wildman–Crippen LogP) is 8.77. The van der Waals surface area contributed by atoms with E-state index in [4.69, 9.17) is 24.3 Å². The van der Waals surface area contributed by atoms with E-state index in [-0.39, 0.29) is 29.1 Å². The van der Waals surface area contributed by atoms with Gasteiger partial charge in [-0.3, -0.25) is 0 Å². The van der Waals surface area contributed by atoms with E-state index in [0.717, 1.165) is 34.4 Å². The topological polar surface area (TPSA) is 91.3 Å². The molecule has 0 saturated carbocycles. The van der Waals surface area contributed by atoms with Crippen LogP contribution in [0.5, 0.6) is 17.2 Å². The SMILES string of the molecule is CCOC(=O)C(C)Oc1cccc(C2(C)CCC(C)(C)CSCCc3c(c(F)cc4[nH]ccc34)Oc3ccc(F)c(c3)-c3nc2nn3C)c1. The fourth-order valence-corrected chi connectivity index (χ4v) is 7.47. The Hall–Kier alpha value is -4.38. The van der Waals surface area contributed by atoms with Gasteiger partial charge in [0.05, 0.1) is 17.6 Å². The number of aryl methyl sites for hydroxylation is 2. The minimum atomic E-state index is -0.787. The van der Waals surface area contributed by atoms with Gasteiger partial charge < -0.3 is 19.2 Å². The molecule has 0 radical (unpaired) electrons. The lowest BCUT2D eigenvalue weighted by molar-refractivity contribution is -0.150. The lowest BCUT2D eigenvalue weighted by Crippen LogP contribution is -2.29. The van der Waals surface area contributed by atoms with Crippen LogP contribution in [0.25, 0.3) is 22.3 Å². The summed E-state index contributed by atoms with van der Waals surface area (Å²) in [6, 6.07) is 15.3. The Labute approximate surface area is 289 Å². The summed E-state index contributed by atoms with van der Waals surface area (Å²) in [5, 5.41) is 5.76. The van der Waals surface area contributed by atoms with Gasteiger partial charge >= 0.3 is 5.97 Å². The number of nitrogens with zero attached hydrogens (tertiary/aromatic N) is 3. The molecule has 1 aliphatic rings. The van der Waals surface area contributed by atoms with Crippen molar-refractivity contribution in [2.24, 2.45) is 12.5 Å². The molecule has 2 atom stereocenters. The molecule has 2 aromatic heterocycles. The van der Waals surface area contributed by atoms with E-state index in [1.54, 1.807) is 37.8 Å². The zero-order valence-electron chi connectivity index (χ0n) is 28.7. The summed E-state index contributed by atoms with van der Waals surface area (Å²) in [5.41, 5.74) is 1.77. The van der Waals surface area contributed by atoms with Gasteiger partial charge in [0.2, 0.25) is 0 Å². The number of H-pyrrole nitrogens is 1. The lowest BCUT2D eigenvalue weighted by atomic mass is 9.73. The Morgan fingerprint density at radius 2 is 1.92 bits per heavy atom. The highest BCUT2D eigenvalue weighted by atomic mass is 32.2. The first-order valence-corrected chi connectivity index (χ1v) is 17.7. The van der Waals surface area contributed by atoms with E-state index in [9.17, 15) is 4.79 Å². The van der Waals surface area contributed by atoms with E-state index in [2.05, 4.69) is 25.8 Å². The van der Waals surface area contributed by atoms with Crippen LogP contribution >= 0.6 is 11.8 Å². The molecule has 4 bridgehead atoms. The molecule has 3 heterocycles. The van der Waals surface area contributed by atoms with Gasteiger partial charge in [-0.15, -0.1) is 0 Å². The highest BCUT2D eigenvalue weighted by molar-refractivity contribution is 7.99. The lowest BCUT2D eigenvalue weighted by Gasteiger charge is -2.33. The number of aromatic amines is 1. The van der Waals surface area contributed by atoms with Crippen LogP contribution < -0.4 is 9.47 Å². The first-order chi connectivity index (χ1) is 23.4. The summed E-state index contributed by atoms with van der Waals surface area (Å²) >= 11 is 1.82. The second-order valence-corrected chi connectivity index (χ2v) is 14.7. The van der Waals surface area contributed by atoms with E-state index in [1.807, 2.05) is 42.1 Å². The van der Waals surface area contributed by atoms with Gasteiger partial charge in [-0.25, -0.2) is 23.2 Å². The number of nitrogens with one attached hydrogen (secondary N) is 1. The van der Waals surface area contributed by atoms with Gasteiger partial charge in [-0.2, -0.15) is 16.9 Å². The van der Waals surface area contributed by atoms with Crippen molar-refractivity contribution in [2.75, 3.05) is 18.1 Å². The Bertz CT molecular complexity index is 1990. The van der Waals surface area contributed by atoms with Gasteiger partial charge in [0, 0.05) is 35.8 Å². The van der Waals surface area contributed by atoms with Gasteiger partial charge in [0.25, 0.3) is 0 Å². The number of ether oxygens (including phenoxy) is 3. The predicted molar refractivity (Wildman–Crippen MR) is 188 cm³/mol. The quantitative estimate of drug-likeness (QED) is 0.185. The number of carbonyl (C=O) groups excluding carboxylic acids is 1. The number of thioether (sulfide) groups is 1. The molecule has 0 spiro atoms. The average Bonchev–Trinajstić information content (AvgIpc) is 3.70. The van der Waals surface area contributed by atoms with E-state index < -0.39 is 29.1 Å². The first kappa shape index (κ1) is 34.5. The molecule has 0 amide bonds. The van der Waals surface area contributed by atoms with Crippen LogP contribution in [-0.4, -0.2) is 49.9 Å². The molecule has 49 heavy (non-hydrogen) atoms.